The molecule has 1 amide bonds. The highest BCUT2D eigenvalue weighted by Crippen LogP contribution is 2.66. The Morgan fingerprint density at radius 3 is 2.58 bits per heavy atom. The summed E-state index contributed by atoms with van der Waals surface area (Å²) < 4.78 is 45.3. The maximum Gasteiger partial charge on any atom is 0.416 e. The van der Waals surface area contributed by atoms with Crippen molar-refractivity contribution < 1.29 is 32.9 Å². The van der Waals surface area contributed by atoms with Gasteiger partial charge >= 0.3 is 6.18 Å². The maximum atomic E-state index is 13.6. The molecular weight excluding hydrogens is 521 g/mol. The van der Waals surface area contributed by atoms with Crippen molar-refractivity contribution in [3.05, 3.63) is 58.7 Å². The highest BCUT2D eigenvalue weighted by atomic mass is 19.4. The van der Waals surface area contributed by atoms with Crippen LogP contribution in [0.4, 0.5) is 13.2 Å². The van der Waals surface area contributed by atoms with Gasteiger partial charge in [-0.1, -0.05) is 18.2 Å². The predicted molar refractivity (Wildman–Crippen MR) is 141 cm³/mol. The minimum absolute atomic E-state index is 0.0984. The molecule has 5 aliphatic rings. The SMILES string of the molecule is CN(C(=O)CCc1ccc(C(F)(F)F)cc1)C1CCC2Oc3c(O)ccc4c3[C@@]23CCN(CC2CC2)[C@H](C4)[C@]13O. The fraction of sp³-hybridized carbons (Fsp3) is 0.581. The summed E-state index contributed by atoms with van der Waals surface area (Å²) in [5.74, 6) is 1.10. The molecule has 2 N–H and O–H groups in total. The minimum atomic E-state index is -4.40. The third-order valence-electron chi connectivity index (χ3n) is 10.5. The first-order valence-electron chi connectivity index (χ1n) is 14.4. The number of phenolic OH excluding ortho intramolecular Hbond substituents is 1. The number of aromatic hydroxyl groups is 1. The number of nitrogens with zero attached hydrogens (tertiary/aromatic N) is 2. The molecule has 2 saturated carbocycles. The molecule has 0 radical (unpaired) electrons. The topological polar surface area (TPSA) is 73.2 Å². The third kappa shape index (κ3) is 3.66. The molecule has 2 aromatic rings. The lowest BCUT2D eigenvalue weighted by molar-refractivity contribution is -0.218. The summed E-state index contributed by atoms with van der Waals surface area (Å²) in [5, 5.41) is 23.8. The zero-order chi connectivity index (χ0) is 28.0. The van der Waals surface area contributed by atoms with E-state index >= 15 is 0 Å². The minimum Gasteiger partial charge on any atom is -0.504 e. The summed E-state index contributed by atoms with van der Waals surface area (Å²) in [6.45, 7) is 1.78. The number of phenols is 1. The third-order valence-corrected chi connectivity index (χ3v) is 10.5. The summed E-state index contributed by atoms with van der Waals surface area (Å²) in [6, 6.07) is 8.00. The van der Waals surface area contributed by atoms with Crippen LogP contribution in [0.5, 0.6) is 11.5 Å². The van der Waals surface area contributed by atoms with Gasteiger partial charge in [-0.05, 0) is 86.7 Å². The lowest BCUT2D eigenvalue weighted by atomic mass is 9.47. The summed E-state index contributed by atoms with van der Waals surface area (Å²) in [7, 11) is 1.75. The number of likely N-dealkylation sites (tertiary alicyclic amines) is 1. The number of aryl methyl sites for hydroxylation is 1. The average Bonchev–Trinajstić information content (AvgIpc) is 3.67. The molecule has 214 valence electrons. The van der Waals surface area contributed by atoms with Crippen molar-refractivity contribution in [3.8, 4) is 11.5 Å². The van der Waals surface area contributed by atoms with E-state index in [0.717, 1.165) is 36.3 Å². The number of benzene rings is 2. The number of hydrogen-bond acceptors (Lipinski definition) is 5. The van der Waals surface area contributed by atoms with Gasteiger partial charge in [0.15, 0.2) is 11.5 Å². The van der Waals surface area contributed by atoms with Crippen molar-refractivity contribution in [1.29, 1.82) is 0 Å². The number of likely N-dealkylation sites (N-methyl/N-ethyl adjacent to an activating group) is 1. The Balaban J connectivity index is 1.20. The largest absolute Gasteiger partial charge is 0.504 e. The van der Waals surface area contributed by atoms with Crippen molar-refractivity contribution in [2.24, 2.45) is 5.92 Å². The molecule has 0 aromatic heterocycles. The van der Waals surface area contributed by atoms with Crippen molar-refractivity contribution in [1.82, 2.24) is 9.80 Å². The lowest BCUT2D eigenvalue weighted by Crippen LogP contribution is -2.81. The monoisotopic (exact) mass is 556 g/mol. The van der Waals surface area contributed by atoms with Gasteiger partial charge in [-0.15, -0.1) is 0 Å². The molecule has 2 heterocycles. The van der Waals surface area contributed by atoms with Gasteiger partial charge in [-0.3, -0.25) is 9.69 Å². The van der Waals surface area contributed by atoms with E-state index in [1.165, 1.54) is 25.0 Å². The Morgan fingerprint density at radius 1 is 1.12 bits per heavy atom. The Hall–Kier alpha value is -2.78. The van der Waals surface area contributed by atoms with Gasteiger partial charge in [-0.25, -0.2) is 0 Å². The molecule has 5 atom stereocenters. The van der Waals surface area contributed by atoms with Gasteiger partial charge < -0.3 is 19.8 Å². The zero-order valence-electron chi connectivity index (χ0n) is 22.6. The number of ether oxygens (including phenoxy) is 1. The normalized spacial score (nSPS) is 32.4. The van der Waals surface area contributed by atoms with Crippen LogP contribution in [-0.4, -0.2) is 69.8 Å². The molecule has 40 heavy (non-hydrogen) atoms. The standard InChI is InChI=1S/C31H35F3N2O4/c1-35(26(38)13-6-18-4-8-21(9-5-18)31(32,33)34)23-11-12-25-29-14-15-36(17-19-2-3-19)24(30(23,29)39)16-20-7-10-22(37)28(40-25)27(20)29/h4-5,7-10,19,23-25,37,39H,2-3,6,11-17H2,1H3/t23?,24-,25?,29-,30-/m1/s1. The van der Waals surface area contributed by atoms with Gasteiger partial charge in [-0.2, -0.15) is 13.2 Å². The molecule has 7 rings (SSSR count). The summed E-state index contributed by atoms with van der Waals surface area (Å²) >= 11 is 0. The fourth-order valence-corrected chi connectivity index (χ4v) is 8.44. The molecule has 2 bridgehead atoms. The van der Waals surface area contributed by atoms with Gasteiger partial charge in [0.2, 0.25) is 5.91 Å². The van der Waals surface area contributed by atoms with E-state index in [-0.39, 0.29) is 30.2 Å². The molecule has 1 saturated heterocycles. The highest BCUT2D eigenvalue weighted by Gasteiger charge is 2.74. The second kappa shape index (κ2) is 8.86. The van der Waals surface area contributed by atoms with Crippen LogP contribution in [0.1, 0.15) is 60.8 Å². The zero-order valence-corrected chi connectivity index (χ0v) is 22.6. The Morgan fingerprint density at radius 2 is 1.88 bits per heavy atom. The predicted octanol–water partition coefficient (Wildman–Crippen LogP) is 4.43. The fourth-order valence-electron chi connectivity index (χ4n) is 8.44. The van der Waals surface area contributed by atoms with Crippen molar-refractivity contribution in [3.63, 3.8) is 0 Å². The van der Waals surface area contributed by atoms with Gasteiger partial charge in [0, 0.05) is 31.6 Å². The average molecular weight is 557 g/mol. The van der Waals surface area contributed by atoms with Gasteiger partial charge in [0.1, 0.15) is 11.7 Å². The van der Waals surface area contributed by atoms with Crippen LogP contribution in [0.15, 0.2) is 36.4 Å². The molecule has 3 fully saturated rings. The van der Waals surface area contributed by atoms with E-state index in [1.54, 1.807) is 18.0 Å². The molecule has 1 spiro atoms. The van der Waals surface area contributed by atoms with Crippen LogP contribution in [0.3, 0.4) is 0 Å². The van der Waals surface area contributed by atoms with Crippen LogP contribution >= 0.6 is 0 Å². The van der Waals surface area contributed by atoms with E-state index in [2.05, 4.69) is 4.90 Å². The number of alkyl halides is 3. The number of aliphatic hydroxyl groups is 1. The summed E-state index contributed by atoms with van der Waals surface area (Å²) in [6.07, 6.45) is 0.776. The van der Waals surface area contributed by atoms with Crippen LogP contribution in [0.25, 0.3) is 0 Å². The second-order valence-corrected chi connectivity index (χ2v) is 12.6. The Labute approximate surface area is 231 Å². The van der Waals surface area contributed by atoms with Crippen LogP contribution < -0.4 is 4.74 Å². The lowest BCUT2D eigenvalue weighted by Gasteiger charge is -2.66. The van der Waals surface area contributed by atoms with E-state index < -0.39 is 28.8 Å². The smallest absolute Gasteiger partial charge is 0.416 e. The number of amides is 1. The molecule has 2 aliphatic heterocycles. The quantitative estimate of drug-likeness (QED) is 0.551. The van der Waals surface area contributed by atoms with Crippen LogP contribution in [0.2, 0.25) is 0 Å². The highest BCUT2D eigenvalue weighted by molar-refractivity contribution is 5.77. The van der Waals surface area contributed by atoms with Crippen molar-refractivity contribution >= 4 is 5.91 Å². The van der Waals surface area contributed by atoms with E-state index in [9.17, 15) is 28.2 Å². The first kappa shape index (κ1) is 26.1. The number of carbonyl (C=O) groups excluding carboxylic acids is 1. The second-order valence-electron chi connectivity index (χ2n) is 12.6. The van der Waals surface area contributed by atoms with Crippen LogP contribution in [0, 0.1) is 5.92 Å². The Bertz CT molecular complexity index is 1340. The number of piperidine rings is 1. The molecule has 2 unspecified atom stereocenters. The van der Waals surface area contributed by atoms with Gasteiger partial charge in [0.05, 0.1) is 17.0 Å². The van der Waals surface area contributed by atoms with E-state index in [4.69, 9.17) is 4.74 Å². The molecule has 3 aliphatic carbocycles. The number of hydrogen-bond donors (Lipinski definition) is 2. The Kier molecular flexibility index (Phi) is 5.79. The van der Waals surface area contributed by atoms with Crippen LogP contribution in [-0.2, 0) is 29.2 Å². The molecule has 9 heteroatoms. The number of halogens is 3. The van der Waals surface area contributed by atoms with Crippen molar-refractivity contribution in [2.75, 3.05) is 20.1 Å². The molecule has 2 aromatic carbocycles. The van der Waals surface area contributed by atoms with E-state index in [0.29, 0.717) is 49.3 Å². The maximum absolute atomic E-state index is 13.6. The first-order valence-corrected chi connectivity index (χ1v) is 14.4. The number of carbonyl (C=O) groups is 1. The van der Waals surface area contributed by atoms with Crippen molar-refractivity contribution in [2.45, 2.75) is 86.7 Å². The van der Waals surface area contributed by atoms with E-state index in [1.807, 2.05) is 6.07 Å². The molecular formula is C31H35F3N2O4. The summed E-state index contributed by atoms with van der Waals surface area (Å²) in [5.41, 5.74) is 0.0409. The summed E-state index contributed by atoms with van der Waals surface area (Å²) in [4.78, 5) is 17.7. The number of rotatable bonds is 6. The first-order chi connectivity index (χ1) is 19.0. The molecule has 6 nitrogen and oxygen atoms in total. The van der Waals surface area contributed by atoms with Gasteiger partial charge in [0.25, 0.3) is 0 Å².